The van der Waals surface area contributed by atoms with Crippen molar-refractivity contribution in [2.45, 2.75) is 341 Å². The number of hydrogen-bond donors (Lipinski definition) is 3. The fraction of sp³-hybridized carbons (Fsp3) is 0.873. The lowest BCUT2D eigenvalue weighted by Gasteiger charge is -2.22. The smallest absolute Gasteiger partial charge is 0.305 e. The number of aliphatic hydroxyl groups is 2. The van der Waals surface area contributed by atoms with Gasteiger partial charge in [0.1, 0.15) is 0 Å². The number of rotatable bonds is 57. The van der Waals surface area contributed by atoms with E-state index >= 15 is 0 Å². The molecule has 0 rings (SSSR count). The normalized spacial score (nSPS) is 12.8. The number of allylic oxidation sites excluding steroid dienone is 6. The zero-order chi connectivity index (χ0) is 50.0. The molecular formula is C63H119NO5. The van der Waals surface area contributed by atoms with Crippen molar-refractivity contribution in [3.05, 3.63) is 36.5 Å². The maximum Gasteiger partial charge on any atom is 0.305 e. The van der Waals surface area contributed by atoms with E-state index in [-0.39, 0.29) is 18.5 Å². The number of esters is 1. The summed E-state index contributed by atoms with van der Waals surface area (Å²) in [5.74, 6) is -0.0378. The third-order valence-corrected chi connectivity index (χ3v) is 14.2. The molecule has 406 valence electrons. The second kappa shape index (κ2) is 58.6. The monoisotopic (exact) mass is 970 g/mol. The Kier molecular flexibility index (Phi) is 57.0. The summed E-state index contributed by atoms with van der Waals surface area (Å²) < 4.78 is 5.45. The molecule has 0 aliphatic carbocycles. The molecule has 0 aliphatic rings. The number of ether oxygens (including phenoxy) is 1. The molecule has 0 saturated carbocycles. The molecule has 0 fully saturated rings. The van der Waals surface area contributed by atoms with Crippen LogP contribution < -0.4 is 5.32 Å². The predicted octanol–water partition coefficient (Wildman–Crippen LogP) is 19.2. The third kappa shape index (κ3) is 55.2. The van der Waals surface area contributed by atoms with Crippen molar-refractivity contribution in [1.29, 1.82) is 0 Å². The second-order valence-electron chi connectivity index (χ2n) is 21.0. The molecule has 2 atom stereocenters. The van der Waals surface area contributed by atoms with Gasteiger partial charge < -0.3 is 20.3 Å². The van der Waals surface area contributed by atoms with Crippen LogP contribution in [0.15, 0.2) is 36.5 Å². The molecule has 0 aliphatic heterocycles. The summed E-state index contributed by atoms with van der Waals surface area (Å²) in [4.78, 5) is 24.5. The second-order valence-corrected chi connectivity index (χ2v) is 21.0. The van der Waals surface area contributed by atoms with Gasteiger partial charge in [0.2, 0.25) is 5.91 Å². The number of aliphatic hydroxyl groups excluding tert-OH is 2. The average Bonchev–Trinajstić information content (AvgIpc) is 3.35. The van der Waals surface area contributed by atoms with E-state index in [2.05, 4.69) is 55.6 Å². The minimum atomic E-state index is -0.666. The third-order valence-electron chi connectivity index (χ3n) is 14.2. The van der Waals surface area contributed by atoms with Crippen LogP contribution >= 0.6 is 0 Å². The highest BCUT2D eigenvalue weighted by Crippen LogP contribution is 2.17. The van der Waals surface area contributed by atoms with E-state index in [4.69, 9.17) is 4.74 Å². The van der Waals surface area contributed by atoms with Crippen LogP contribution in [0.2, 0.25) is 0 Å². The summed E-state index contributed by atoms with van der Waals surface area (Å²) in [7, 11) is 0. The summed E-state index contributed by atoms with van der Waals surface area (Å²) in [6, 6.07) is -0.543. The lowest BCUT2D eigenvalue weighted by molar-refractivity contribution is -0.143. The summed E-state index contributed by atoms with van der Waals surface area (Å²) in [5.41, 5.74) is 0. The number of amides is 1. The summed E-state index contributed by atoms with van der Waals surface area (Å²) in [6.07, 6.45) is 73.0. The minimum Gasteiger partial charge on any atom is -0.466 e. The van der Waals surface area contributed by atoms with Crippen LogP contribution in [0.4, 0.5) is 0 Å². The van der Waals surface area contributed by atoms with Gasteiger partial charge in [-0.25, -0.2) is 0 Å². The molecule has 0 heterocycles. The number of carbonyl (C=O) groups excluding carboxylic acids is 2. The highest BCUT2D eigenvalue weighted by molar-refractivity contribution is 5.76. The van der Waals surface area contributed by atoms with E-state index in [9.17, 15) is 19.8 Å². The van der Waals surface area contributed by atoms with Gasteiger partial charge in [0.05, 0.1) is 25.4 Å². The number of carbonyl (C=O) groups is 2. The number of hydrogen-bond acceptors (Lipinski definition) is 5. The Hall–Kier alpha value is -1.92. The van der Waals surface area contributed by atoms with Crippen molar-refractivity contribution in [2.75, 3.05) is 13.2 Å². The molecule has 0 radical (unpaired) electrons. The van der Waals surface area contributed by atoms with Crippen molar-refractivity contribution in [3.8, 4) is 0 Å². The van der Waals surface area contributed by atoms with Crippen LogP contribution in [-0.4, -0.2) is 47.4 Å². The number of nitrogens with one attached hydrogen (secondary N) is 1. The molecule has 3 N–H and O–H groups in total. The topological polar surface area (TPSA) is 95.9 Å². The molecule has 0 aromatic heterocycles. The Labute approximate surface area is 430 Å². The number of unbranched alkanes of at least 4 members (excludes halogenated alkanes) is 40. The zero-order valence-corrected chi connectivity index (χ0v) is 46.3. The zero-order valence-electron chi connectivity index (χ0n) is 46.3. The molecule has 0 aromatic rings. The molecule has 6 heteroatoms. The molecule has 0 aromatic carbocycles. The van der Waals surface area contributed by atoms with E-state index in [0.29, 0.717) is 25.9 Å². The van der Waals surface area contributed by atoms with E-state index in [1.807, 2.05) is 0 Å². The summed E-state index contributed by atoms with van der Waals surface area (Å²) in [6.45, 7) is 4.92. The van der Waals surface area contributed by atoms with Crippen molar-refractivity contribution in [2.24, 2.45) is 0 Å². The minimum absolute atomic E-state index is 0.000627. The Balaban J connectivity index is 3.42. The highest BCUT2D eigenvalue weighted by atomic mass is 16.5. The fourth-order valence-electron chi connectivity index (χ4n) is 9.42. The molecule has 69 heavy (non-hydrogen) atoms. The van der Waals surface area contributed by atoms with Crippen LogP contribution in [0.3, 0.4) is 0 Å². The van der Waals surface area contributed by atoms with Gasteiger partial charge in [-0.3, -0.25) is 9.59 Å². The SMILES string of the molecule is CCCC/C=C\CCCCCCCC(=O)OCCCCCCCCCCC/C=C\C/C=C\CCCCCCCCCCCCCC(=O)NC(CO)C(O)CCCCCCCCCCCCCCCC. The van der Waals surface area contributed by atoms with Gasteiger partial charge in [-0.05, 0) is 77.0 Å². The van der Waals surface area contributed by atoms with Gasteiger partial charge in [0.15, 0.2) is 0 Å². The Morgan fingerprint density at radius 1 is 0.406 bits per heavy atom. The Bertz CT molecular complexity index is 1120. The van der Waals surface area contributed by atoms with Crippen LogP contribution in [0.25, 0.3) is 0 Å². The summed E-state index contributed by atoms with van der Waals surface area (Å²) in [5, 5.41) is 23.3. The van der Waals surface area contributed by atoms with E-state index < -0.39 is 12.1 Å². The van der Waals surface area contributed by atoms with Crippen molar-refractivity contribution in [1.82, 2.24) is 5.32 Å². The highest BCUT2D eigenvalue weighted by Gasteiger charge is 2.20. The Morgan fingerprint density at radius 3 is 1.16 bits per heavy atom. The van der Waals surface area contributed by atoms with E-state index in [1.54, 1.807) is 0 Å². The molecule has 0 saturated heterocycles. The van der Waals surface area contributed by atoms with E-state index in [1.165, 1.54) is 244 Å². The summed E-state index contributed by atoms with van der Waals surface area (Å²) >= 11 is 0. The molecule has 0 bridgehead atoms. The molecule has 1 amide bonds. The van der Waals surface area contributed by atoms with Crippen LogP contribution in [-0.2, 0) is 14.3 Å². The Morgan fingerprint density at radius 2 is 0.739 bits per heavy atom. The largest absolute Gasteiger partial charge is 0.466 e. The fourth-order valence-corrected chi connectivity index (χ4v) is 9.42. The lowest BCUT2D eigenvalue weighted by atomic mass is 10.0. The first kappa shape index (κ1) is 67.1. The average molecular weight is 971 g/mol. The predicted molar refractivity (Wildman–Crippen MR) is 301 cm³/mol. The first-order valence-electron chi connectivity index (χ1n) is 30.7. The maximum absolute atomic E-state index is 12.5. The van der Waals surface area contributed by atoms with Crippen molar-refractivity contribution >= 4 is 11.9 Å². The van der Waals surface area contributed by atoms with Crippen LogP contribution in [0.1, 0.15) is 328 Å². The van der Waals surface area contributed by atoms with Crippen molar-refractivity contribution in [3.63, 3.8) is 0 Å². The van der Waals surface area contributed by atoms with Crippen LogP contribution in [0, 0.1) is 0 Å². The first-order valence-corrected chi connectivity index (χ1v) is 30.7. The maximum atomic E-state index is 12.5. The van der Waals surface area contributed by atoms with Gasteiger partial charge in [-0.2, -0.15) is 0 Å². The van der Waals surface area contributed by atoms with Gasteiger partial charge >= 0.3 is 5.97 Å². The molecule has 0 spiro atoms. The quantitative estimate of drug-likeness (QED) is 0.0321. The standard InChI is InChI=1S/C63H119NO5/c1-3-5-7-9-11-13-15-16-32-36-39-43-47-51-55-61(66)60(59-65)64-62(67)56-52-48-44-40-37-33-30-28-26-24-22-20-18-17-19-21-23-25-27-29-31-34-38-42-46-50-54-58-69-63(68)57-53-49-45-41-35-14-12-10-8-6-4-2/h10,12,17-18,21,23,60-61,65-66H,3-9,11,13-16,19-20,22,24-59H2,1-2H3,(H,64,67)/b12-10-,18-17-,23-21-. The van der Waals surface area contributed by atoms with Crippen LogP contribution in [0.5, 0.6) is 0 Å². The molecular weight excluding hydrogens is 851 g/mol. The first-order chi connectivity index (χ1) is 34.0. The van der Waals surface area contributed by atoms with Gasteiger partial charge in [0, 0.05) is 12.8 Å². The van der Waals surface area contributed by atoms with E-state index in [0.717, 1.165) is 51.4 Å². The lowest BCUT2D eigenvalue weighted by Crippen LogP contribution is -2.45. The molecule has 6 nitrogen and oxygen atoms in total. The van der Waals surface area contributed by atoms with Gasteiger partial charge in [-0.1, -0.05) is 275 Å². The molecule has 2 unspecified atom stereocenters. The van der Waals surface area contributed by atoms with Gasteiger partial charge in [-0.15, -0.1) is 0 Å². The van der Waals surface area contributed by atoms with Gasteiger partial charge in [0.25, 0.3) is 0 Å². The van der Waals surface area contributed by atoms with Crippen molar-refractivity contribution < 1.29 is 24.5 Å².